The van der Waals surface area contributed by atoms with Crippen molar-refractivity contribution in [3.63, 3.8) is 0 Å². The van der Waals surface area contributed by atoms with Gasteiger partial charge in [-0.3, -0.25) is 0 Å². The fourth-order valence-corrected chi connectivity index (χ4v) is 1.16. The van der Waals surface area contributed by atoms with E-state index in [-0.39, 0.29) is 16.1 Å². The Morgan fingerprint density at radius 3 is 2.42 bits per heavy atom. The maximum absolute atomic E-state index is 12.9. The fourth-order valence-electron chi connectivity index (χ4n) is 0.838. The third-order valence-electron chi connectivity index (χ3n) is 1.53. The first-order valence-electron chi connectivity index (χ1n) is 3.42. The minimum atomic E-state index is -0.531. The van der Waals surface area contributed by atoms with Crippen molar-refractivity contribution in [2.75, 3.05) is 0 Å². The largest absolute Gasteiger partial charge is 0.324 e. The maximum Gasteiger partial charge on any atom is 0.143 e. The number of halogens is 3. The Bertz CT molecular complexity index is 276. The molecule has 1 aromatic rings. The summed E-state index contributed by atoms with van der Waals surface area (Å²) in [5.74, 6) is -0.531. The van der Waals surface area contributed by atoms with E-state index in [1.54, 1.807) is 13.0 Å². The van der Waals surface area contributed by atoms with Gasteiger partial charge in [0.2, 0.25) is 0 Å². The van der Waals surface area contributed by atoms with Crippen LogP contribution in [0.25, 0.3) is 0 Å². The summed E-state index contributed by atoms with van der Waals surface area (Å²) in [7, 11) is 0. The minimum Gasteiger partial charge on any atom is -0.324 e. The molecular formula is C8H8Cl2FN. The fraction of sp³-hybridized carbons (Fsp3) is 0.250. The second kappa shape index (κ2) is 3.60. The average molecular weight is 208 g/mol. The first-order chi connectivity index (χ1) is 5.52. The van der Waals surface area contributed by atoms with Crippen molar-refractivity contribution in [1.82, 2.24) is 0 Å². The summed E-state index contributed by atoms with van der Waals surface area (Å²) in [6, 6.07) is 2.62. The summed E-state index contributed by atoms with van der Waals surface area (Å²) in [5.41, 5.74) is 6.17. The lowest BCUT2D eigenvalue weighted by atomic mass is 10.1. The van der Waals surface area contributed by atoms with Crippen LogP contribution in [0.1, 0.15) is 18.5 Å². The Morgan fingerprint density at radius 1 is 1.42 bits per heavy atom. The highest BCUT2D eigenvalue weighted by atomic mass is 35.5. The molecule has 0 aromatic heterocycles. The van der Waals surface area contributed by atoms with Gasteiger partial charge >= 0.3 is 0 Å². The number of nitrogens with two attached hydrogens (primary N) is 1. The number of benzene rings is 1. The van der Waals surface area contributed by atoms with Crippen LogP contribution in [0, 0.1) is 5.82 Å². The van der Waals surface area contributed by atoms with Crippen LogP contribution in [0.3, 0.4) is 0 Å². The van der Waals surface area contributed by atoms with Crippen molar-refractivity contribution >= 4 is 23.2 Å². The Kier molecular flexibility index (Phi) is 2.94. The number of hydrogen-bond donors (Lipinski definition) is 1. The van der Waals surface area contributed by atoms with Gasteiger partial charge in [0, 0.05) is 6.04 Å². The molecular weight excluding hydrogens is 200 g/mol. The highest BCUT2D eigenvalue weighted by Gasteiger charge is 2.08. The van der Waals surface area contributed by atoms with Crippen LogP contribution in [0.4, 0.5) is 4.39 Å². The second-order valence-corrected chi connectivity index (χ2v) is 3.37. The third-order valence-corrected chi connectivity index (χ3v) is 2.31. The van der Waals surface area contributed by atoms with E-state index in [0.29, 0.717) is 5.56 Å². The Balaban J connectivity index is 3.21. The summed E-state index contributed by atoms with van der Waals surface area (Å²) in [6.45, 7) is 1.75. The van der Waals surface area contributed by atoms with Crippen LogP contribution in [0.15, 0.2) is 12.1 Å². The molecule has 12 heavy (non-hydrogen) atoms. The molecule has 0 amide bonds. The standard InChI is InChI=1S/C8H8Cl2FN/c1-4(12)5-2-6(9)8(10)7(11)3-5/h2-4H,12H2,1H3. The quantitative estimate of drug-likeness (QED) is 0.704. The lowest BCUT2D eigenvalue weighted by Crippen LogP contribution is -2.05. The minimum absolute atomic E-state index is 0.0546. The monoisotopic (exact) mass is 207 g/mol. The Morgan fingerprint density at radius 2 is 2.00 bits per heavy atom. The molecule has 0 aliphatic rings. The highest BCUT2D eigenvalue weighted by molar-refractivity contribution is 6.42. The van der Waals surface area contributed by atoms with E-state index in [4.69, 9.17) is 28.9 Å². The molecule has 0 saturated carbocycles. The predicted octanol–water partition coefficient (Wildman–Crippen LogP) is 3.15. The third kappa shape index (κ3) is 1.89. The zero-order valence-electron chi connectivity index (χ0n) is 6.44. The van der Waals surface area contributed by atoms with Gasteiger partial charge in [-0.05, 0) is 24.6 Å². The average Bonchev–Trinajstić information content (AvgIpc) is 1.99. The van der Waals surface area contributed by atoms with Crippen LogP contribution in [0.2, 0.25) is 10.0 Å². The molecule has 0 heterocycles. The van der Waals surface area contributed by atoms with E-state index >= 15 is 0 Å². The maximum atomic E-state index is 12.9. The van der Waals surface area contributed by atoms with Gasteiger partial charge in [0.15, 0.2) is 0 Å². The smallest absolute Gasteiger partial charge is 0.143 e. The van der Waals surface area contributed by atoms with Gasteiger partial charge in [-0.15, -0.1) is 0 Å². The van der Waals surface area contributed by atoms with Crippen molar-refractivity contribution in [1.29, 1.82) is 0 Å². The number of rotatable bonds is 1. The normalized spacial score (nSPS) is 13.1. The van der Waals surface area contributed by atoms with Gasteiger partial charge in [0.25, 0.3) is 0 Å². The first-order valence-corrected chi connectivity index (χ1v) is 4.18. The molecule has 66 valence electrons. The molecule has 0 saturated heterocycles. The van der Waals surface area contributed by atoms with Crippen molar-refractivity contribution in [3.8, 4) is 0 Å². The van der Waals surface area contributed by atoms with Gasteiger partial charge in [-0.2, -0.15) is 0 Å². The molecule has 4 heteroatoms. The van der Waals surface area contributed by atoms with Crippen LogP contribution in [-0.4, -0.2) is 0 Å². The molecule has 0 fully saturated rings. The molecule has 1 nitrogen and oxygen atoms in total. The topological polar surface area (TPSA) is 26.0 Å². The second-order valence-electron chi connectivity index (χ2n) is 2.59. The molecule has 1 rings (SSSR count). The SMILES string of the molecule is CC(N)c1cc(F)c(Cl)c(Cl)c1. The van der Waals surface area contributed by atoms with E-state index in [0.717, 1.165) is 0 Å². The van der Waals surface area contributed by atoms with E-state index in [9.17, 15) is 4.39 Å². The van der Waals surface area contributed by atoms with E-state index in [2.05, 4.69) is 0 Å². The molecule has 0 spiro atoms. The zero-order valence-corrected chi connectivity index (χ0v) is 7.96. The van der Waals surface area contributed by atoms with E-state index < -0.39 is 5.82 Å². The summed E-state index contributed by atoms with van der Waals surface area (Å²) >= 11 is 11.1. The van der Waals surface area contributed by atoms with E-state index in [1.807, 2.05) is 0 Å². The lowest BCUT2D eigenvalue weighted by molar-refractivity contribution is 0.623. The number of hydrogen-bond acceptors (Lipinski definition) is 1. The van der Waals surface area contributed by atoms with E-state index in [1.165, 1.54) is 6.07 Å². The van der Waals surface area contributed by atoms with Gasteiger partial charge in [-0.1, -0.05) is 23.2 Å². The molecule has 0 bridgehead atoms. The lowest BCUT2D eigenvalue weighted by Gasteiger charge is -2.07. The van der Waals surface area contributed by atoms with Crippen LogP contribution in [-0.2, 0) is 0 Å². The zero-order chi connectivity index (χ0) is 9.30. The summed E-state index contributed by atoms with van der Waals surface area (Å²) < 4.78 is 12.9. The Labute approximate surface area is 80.3 Å². The van der Waals surface area contributed by atoms with Crippen molar-refractivity contribution in [2.45, 2.75) is 13.0 Å². The van der Waals surface area contributed by atoms with Gasteiger partial charge < -0.3 is 5.73 Å². The molecule has 1 atom stereocenters. The highest BCUT2D eigenvalue weighted by Crippen LogP contribution is 2.27. The van der Waals surface area contributed by atoms with Crippen molar-refractivity contribution < 1.29 is 4.39 Å². The van der Waals surface area contributed by atoms with Crippen LogP contribution >= 0.6 is 23.2 Å². The summed E-state index contributed by atoms with van der Waals surface area (Å²) in [4.78, 5) is 0. The predicted molar refractivity (Wildman–Crippen MR) is 49.0 cm³/mol. The molecule has 0 aliphatic carbocycles. The molecule has 0 aliphatic heterocycles. The van der Waals surface area contributed by atoms with Crippen LogP contribution in [0.5, 0.6) is 0 Å². The molecule has 0 radical (unpaired) electrons. The van der Waals surface area contributed by atoms with Crippen molar-refractivity contribution in [2.24, 2.45) is 5.73 Å². The summed E-state index contributed by atoms with van der Waals surface area (Å²) in [6.07, 6.45) is 0. The Hall–Kier alpha value is -0.310. The van der Waals surface area contributed by atoms with Gasteiger partial charge in [0.05, 0.1) is 10.0 Å². The van der Waals surface area contributed by atoms with Crippen LogP contribution < -0.4 is 5.73 Å². The molecule has 1 aromatic carbocycles. The van der Waals surface area contributed by atoms with Crippen molar-refractivity contribution in [3.05, 3.63) is 33.6 Å². The first kappa shape index (κ1) is 9.78. The van der Waals surface area contributed by atoms with Gasteiger partial charge in [-0.25, -0.2) is 4.39 Å². The summed E-state index contributed by atoms with van der Waals surface area (Å²) in [5, 5.41) is 0.144. The van der Waals surface area contributed by atoms with Gasteiger partial charge in [0.1, 0.15) is 5.82 Å². The molecule has 2 N–H and O–H groups in total. The molecule has 1 unspecified atom stereocenters.